The Morgan fingerprint density at radius 1 is 1.25 bits per heavy atom. The van der Waals surface area contributed by atoms with Crippen LogP contribution in [0.5, 0.6) is 0 Å². The molecule has 3 aromatic rings. The summed E-state index contributed by atoms with van der Waals surface area (Å²) in [7, 11) is -1.91. The van der Waals surface area contributed by atoms with Gasteiger partial charge in [-0.2, -0.15) is 0 Å². The molecule has 0 amide bonds. The van der Waals surface area contributed by atoms with Crippen LogP contribution in [0.3, 0.4) is 0 Å². The molecular formula is C28H37ClN4O5SSi. The summed E-state index contributed by atoms with van der Waals surface area (Å²) < 4.78 is 14.5. The second-order valence-corrected chi connectivity index (χ2v) is 17.6. The zero-order valence-electron chi connectivity index (χ0n) is 23.9. The number of rotatable bonds is 10. The quantitative estimate of drug-likeness (QED) is 0.251. The standard InChI is InChI=1S/C28H37ClN4O5SSi/c1-8-32-25(24(27(35)36)39-26(32)22-12-31-23-13-30-19(15-34)14-33(22)23)38-17(2)20-10-9-18(11-21(20)29)16-37-40(6,7)28(3,4)5/h9-14,17,26,34H,8,15-16H2,1-7H3,(H,35,36)/t17-,26?/m1/s1. The minimum atomic E-state index is -1.91. The summed E-state index contributed by atoms with van der Waals surface area (Å²) in [5.74, 6) is -0.783. The van der Waals surface area contributed by atoms with Crippen molar-refractivity contribution >= 4 is 43.3 Å². The van der Waals surface area contributed by atoms with Crippen molar-refractivity contribution in [1.82, 2.24) is 19.3 Å². The summed E-state index contributed by atoms with van der Waals surface area (Å²) in [5.41, 5.74) is 3.59. The highest BCUT2D eigenvalue weighted by atomic mass is 35.5. The Hall–Kier alpha value is -2.57. The molecule has 9 nitrogen and oxygen atoms in total. The molecule has 0 radical (unpaired) electrons. The molecule has 1 aliphatic rings. The highest BCUT2D eigenvalue weighted by Crippen LogP contribution is 2.49. The fourth-order valence-corrected chi connectivity index (χ4v) is 6.74. The monoisotopic (exact) mass is 604 g/mol. The molecule has 1 aliphatic heterocycles. The number of hydrogen-bond acceptors (Lipinski definition) is 8. The summed E-state index contributed by atoms with van der Waals surface area (Å²) in [5, 5.41) is 19.9. The van der Waals surface area contributed by atoms with Crippen LogP contribution < -0.4 is 0 Å². The van der Waals surface area contributed by atoms with Crippen molar-refractivity contribution in [2.24, 2.45) is 0 Å². The molecule has 216 valence electrons. The molecule has 40 heavy (non-hydrogen) atoms. The second kappa shape index (κ2) is 11.7. The average Bonchev–Trinajstić information content (AvgIpc) is 3.47. The molecule has 2 atom stereocenters. The Morgan fingerprint density at radius 3 is 2.58 bits per heavy atom. The Kier molecular flexibility index (Phi) is 8.91. The maximum atomic E-state index is 12.3. The number of aliphatic hydroxyl groups is 1. The molecule has 1 aromatic carbocycles. The van der Waals surface area contributed by atoms with E-state index in [0.29, 0.717) is 29.5 Å². The van der Waals surface area contributed by atoms with Gasteiger partial charge in [0, 0.05) is 23.3 Å². The van der Waals surface area contributed by atoms with Gasteiger partial charge in [-0.3, -0.25) is 9.38 Å². The molecular weight excluding hydrogens is 568 g/mol. The van der Waals surface area contributed by atoms with Gasteiger partial charge < -0.3 is 24.3 Å². The maximum Gasteiger partial charge on any atom is 0.347 e. The van der Waals surface area contributed by atoms with Gasteiger partial charge in [-0.25, -0.2) is 9.78 Å². The largest absolute Gasteiger partial charge is 0.477 e. The second-order valence-electron chi connectivity index (χ2n) is 11.3. The fourth-order valence-electron chi connectivity index (χ4n) is 4.17. The Morgan fingerprint density at radius 2 is 1.98 bits per heavy atom. The number of carboxylic acid groups (broad SMARTS) is 1. The van der Waals surface area contributed by atoms with Crippen molar-refractivity contribution in [1.29, 1.82) is 0 Å². The van der Waals surface area contributed by atoms with E-state index in [-0.39, 0.29) is 22.4 Å². The number of thioether (sulfide) groups is 1. The number of hydrogen-bond donors (Lipinski definition) is 2. The molecule has 0 bridgehead atoms. The van der Waals surface area contributed by atoms with Crippen molar-refractivity contribution in [2.75, 3.05) is 6.54 Å². The zero-order chi connectivity index (χ0) is 29.4. The number of aliphatic carboxylic acids is 1. The predicted octanol–water partition coefficient (Wildman–Crippen LogP) is 6.50. The number of aromatic nitrogens is 3. The summed E-state index contributed by atoms with van der Waals surface area (Å²) >= 11 is 7.90. The summed E-state index contributed by atoms with van der Waals surface area (Å²) in [6.07, 6.45) is 4.49. The van der Waals surface area contributed by atoms with E-state index in [0.717, 1.165) is 16.8 Å². The van der Waals surface area contributed by atoms with Crippen LogP contribution in [0.4, 0.5) is 0 Å². The van der Waals surface area contributed by atoms with Gasteiger partial charge in [0.25, 0.3) is 0 Å². The summed E-state index contributed by atoms with van der Waals surface area (Å²) in [4.78, 5) is 22.9. The lowest BCUT2D eigenvalue weighted by Gasteiger charge is -2.36. The molecule has 0 spiro atoms. The summed E-state index contributed by atoms with van der Waals surface area (Å²) in [6, 6.07) is 5.79. The van der Waals surface area contributed by atoms with E-state index < -0.39 is 25.8 Å². The lowest BCUT2D eigenvalue weighted by molar-refractivity contribution is -0.132. The van der Waals surface area contributed by atoms with Crippen LogP contribution in [-0.2, 0) is 27.2 Å². The number of aliphatic hydroxyl groups excluding tert-OH is 1. The molecule has 2 N–H and O–H groups in total. The first-order valence-corrected chi connectivity index (χ1v) is 17.4. The maximum absolute atomic E-state index is 12.3. The predicted molar refractivity (Wildman–Crippen MR) is 159 cm³/mol. The highest BCUT2D eigenvalue weighted by molar-refractivity contribution is 8.04. The lowest BCUT2D eigenvalue weighted by atomic mass is 10.1. The first kappa shape index (κ1) is 30.4. The number of fused-ring (bicyclic) bond motifs is 1. The van der Waals surface area contributed by atoms with E-state index in [1.165, 1.54) is 11.8 Å². The molecule has 4 rings (SSSR count). The van der Waals surface area contributed by atoms with Crippen molar-refractivity contribution in [2.45, 2.75) is 77.4 Å². The van der Waals surface area contributed by atoms with Gasteiger partial charge in [-0.05, 0) is 43.6 Å². The van der Waals surface area contributed by atoms with Gasteiger partial charge in [-0.1, -0.05) is 56.3 Å². The number of ether oxygens (including phenoxy) is 1. The number of carboxylic acids is 1. The molecule has 12 heteroatoms. The van der Waals surface area contributed by atoms with Gasteiger partial charge in [0.2, 0.25) is 5.88 Å². The summed E-state index contributed by atoms with van der Waals surface area (Å²) in [6.45, 7) is 15.6. The van der Waals surface area contributed by atoms with Crippen molar-refractivity contribution in [3.63, 3.8) is 0 Å². The third kappa shape index (κ3) is 6.03. The first-order chi connectivity index (χ1) is 18.8. The van der Waals surface area contributed by atoms with Crippen molar-refractivity contribution in [3.8, 4) is 0 Å². The Balaban J connectivity index is 1.57. The number of benzene rings is 1. The van der Waals surface area contributed by atoms with Crippen LogP contribution in [-0.4, -0.2) is 50.3 Å². The number of nitrogens with zero attached hydrogens (tertiary/aromatic N) is 4. The smallest absolute Gasteiger partial charge is 0.347 e. The highest BCUT2D eigenvalue weighted by Gasteiger charge is 2.40. The van der Waals surface area contributed by atoms with E-state index in [1.54, 1.807) is 18.6 Å². The topological polar surface area (TPSA) is 109 Å². The van der Waals surface area contributed by atoms with Crippen LogP contribution >= 0.6 is 23.4 Å². The zero-order valence-corrected chi connectivity index (χ0v) is 26.5. The fraction of sp³-hybridized carbons (Fsp3) is 0.464. The number of imidazole rings is 1. The van der Waals surface area contributed by atoms with Crippen LogP contribution in [0, 0.1) is 0 Å². The van der Waals surface area contributed by atoms with Crippen LogP contribution in [0.15, 0.2) is 47.6 Å². The van der Waals surface area contributed by atoms with E-state index in [4.69, 9.17) is 20.8 Å². The first-order valence-electron chi connectivity index (χ1n) is 13.2. The van der Waals surface area contributed by atoms with Gasteiger partial charge in [0.15, 0.2) is 18.9 Å². The van der Waals surface area contributed by atoms with Crippen molar-refractivity contribution in [3.05, 3.63) is 75.1 Å². The minimum Gasteiger partial charge on any atom is -0.477 e. The lowest BCUT2D eigenvalue weighted by Crippen LogP contribution is -2.40. The molecule has 0 saturated carbocycles. The average molecular weight is 605 g/mol. The van der Waals surface area contributed by atoms with Gasteiger partial charge in [0.05, 0.1) is 37.0 Å². The molecule has 1 unspecified atom stereocenters. The van der Waals surface area contributed by atoms with Crippen LogP contribution in [0.1, 0.15) is 68.6 Å². The molecule has 3 heterocycles. The van der Waals surface area contributed by atoms with Crippen molar-refractivity contribution < 1.29 is 24.2 Å². The molecule has 0 fully saturated rings. The minimum absolute atomic E-state index is 0.109. The number of carbonyl (C=O) groups is 1. The third-order valence-electron chi connectivity index (χ3n) is 7.59. The third-order valence-corrected chi connectivity index (χ3v) is 13.7. The van der Waals surface area contributed by atoms with Crippen LogP contribution in [0.25, 0.3) is 5.65 Å². The normalized spacial score (nSPS) is 17.1. The molecule has 0 aliphatic carbocycles. The van der Waals surface area contributed by atoms with E-state index in [9.17, 15) is 15.0 Å². The van der Waals surface area contributed by atoms with Gasteiger partial charge in [-0.15, -0.1) is 0 Å². The Bertz CT molecular complexity index is 1440. The van der Waals surface area contributed by atoms with Crippen LogP contribution in [0.2, 0.25) is 23.2 Å². The molecule has 0 saturated heterocycles. The van der Waals surface area contributed by atoms with Gasteiger partial charge in [0.1, 0.15) is 11.5 Å². The molecule has 2 aromatic heterocycles. The Labute approximate surface area is 245 Å². The number of halogens is 1. The van der Waals surface area contributed by atoms with E-state index >= 15 is 0 Å². The van der Waals surface area contributed by atoms with E-state index in [2.05, 4.69) is 43.8 Å². The SMILES string of the molecule is CCN1C(O[C@H](C)c2ccc(CO[Si](C)(C)C(C)(C)C)cc2Cl)=C(C(=O)O)SC1c1cnc2cnc(CO)cn12. The van der Waals surface area contributed by atoms with E-state index in [1.807, 2.05) is 41.3 Å². The van der Waals surface area contributed by atoms with Gasteiger partial charge >= 0.3 is 5.97 Å².